The Morgan fingerprint density at radius 1 is 1.37 bits per heavy atom. The van der Waals surface area contributed by atoms with Crippen LogP contribution in [0.5, 0.6) is 0 Å². The molecule has 138 valence electrons. The summed E-state index contributed by atoms with van der Waals surface area (Å²) in [7, 11) is 0. The van der Waals surface area contributed by atoms with Crippen molar-refractivity contribution in [1.82, 2.24) is 4.98 Å². The highest BCUT2D eigenvalue weighted by Crippen LogP contribution is 2.31. The third-order valence-corrected chi connectivity index (χ3v) is 4.89. The van der Waals surface area contributed by atoms with E-state index in [0.717, 1.165) is 48.4 Å². The zero-order valence-electron chi connectivity index (χ0n) is 15.3. The van der Waals surface area contributed by atoms with Gasteiger partial charge in [0, 0.05) is 12.2 Å². The van der Waals surface area contributed by atoms with Gasteiger partial charge in [-0.05, 0) is 62.9 Å². The summed E-state index contributed by atoms with van der Waals surface area (Å²) in [5.41, 5.74) is 4.21. The Bertz CT molecular complexity index is 901. The van der Waals surface area contributed by atoms with Gasteiger partial charge >= 0.3 is 6.09 Å². The number of amides is 1. The van der Waals surface area contributed by atoms with E-state index in [9.17, 15) is 4.79 Å². The lowest BCUT2D eigenvalue weighted by Crippen LogP contribution is -2.36. The fourth-order valence-electron chi connectivity index (χ4n) is 3.29. The molecule has 1 atom stereocenters. The van der Waals surface area contributed by atoms with Gasteiger partial charge in [0.15, 0.2) is 0 Å². The summed E-state index contributed by atoms with van der Waals surface area (Å²) in [6.07, 6.45) is 3.53. The van der Waals surface area contributed by atoms with Crippen molar-refractivity contribution in [2.45, 2.75) is 44.8 Å². The van der Waals surface area contributed by atoms with Gasteiger partial charge < -0.3 is 10.1 Å². The number of fused-ring (bicyclic) bond motifs is 1. The predicted octanol–water partition coefficient (Wildman–Crippen LogP) is 4.18. The van der Waals surface area contributed by atoms with Crippen LogP contribution in [0, 0.1) is 11.3 Å². The monoisotopic (exact) mass is 362 g/mol. The van der Waals surface area contributed by atoms with Gasteiger partial charge in [0.05, 0.1) is 34.7 Å². The lowest BCUT2D eigenvalue weighted by Gasteiger charge is -2.29. The van der Waals surface area contributed by atoms with E-state index in [0.29, 0.717) is 12.1 Å². The Balaban J connectivity index is 1.51. The van der Waals surface area contributed by atoms with Crippen molar-refractivity contribution >= 4 is 17.5 Å². The lowest BCUT2D eigenvalue weighted by atomic mass is 10.1. The highest BCUT2D eigenvalue weighted by atomic mass is 16.6. The molecule has 0 spiro atoms. The molecule has 1 amide bonds. The molecule has 1 aliphatic heterocycles. The molecular formula is C21H22N4O2. The predicted molar refractivity (Wildman–Crippen MR) is 103 cm³/mol. The van der Waals surface area contributed by atoms with E-state index in [-0.39, 0.29) is 18.2 Å². The van der Waals surface area contributed by atoms with E-state index >= 15 is 0 Å². The van der Waals surface area contributed by atoms with Gasteiger partial charge in [-0.1, -0.05) is 6.07 Å². The second-order valence-corrected chi connectivity index (χ2v) is 7.10. The number of nitriles is 1. The number of aryl methyl sites for hydroxylation is 1. The summed E-state index contributed by atoms with van der Waals surface area (Å²) in [6, 6.07) is 13.5. The number of aromatic nitrogens is 1. The Morgan fingerprint density at radius 2 is 2.22 bits per heavy atom. The average molecular weight is 362 g/mol. The minimum absolute atomic E-state index is 0.0157. The Labute approximate surface area is 158 Å². The van der Waals surface area contributed by atoms with Gasteiger partial charge in [0.1, 0.15) is 6.10 Å². The van der Waals surface area contributed by atoms with Crippen LogP contribution in [0.25, 0.3) is 0 Å². The van der Waals surface area contributed by atoms with Gasteiger partial charge in [-0.2, -0.15) is 5.26 Å². The number of carbonyl (C=O) groups excluding carboxylic acids is 1. The molecule has 2 aliphatic rings. The Morgan fingerprint density at radius 3 is 3.00 bits per heavy atom. The fourth-order valence-corrected chi connectivity index (χ4v) is 3.29. The number of nitrogens with one attached hydrogen (secondary N) is 1. The number of ether oxygens (including phenoxy) is 1. The maximum Gasteiger partial charge on any atom is 0.414 e. The number of benzene rings is 1. The molecule has 1 aliphatic carbocycles. The molecule has 1 saturated carbocycles. The SMILES string of the molecule is CC(Nc1cccc(C#N)c1)c1ccc2c(n1)CCCN2C(=O)OC1CC1. The van der Waals surface area contributed by atoms with Crippen LogP contribution >= 0.6 is 0 Å². The highest BCUT2D eigenvalue weighted by molar-refractivity contribution is 5.89. The molecule has 0 radical (unpaired) electrons. The van der Waals surface area contributed by atoms with E-state index < -0.39 is 0 Å². The first-order valence-electron chi connectivity index (χ1n) is 9.39. The molecule has 2 heterocycles. The van der Waals surface area contributed by atoms with E-state index in [4.69, 9.17) is 15.0 Å². The first-order chi connectivity index (χ1) is 13.1. The number of anilines is 2. The van der Waals surface area contributed by atoms with Crippen molar-refractivity contribution in [3.8, 4) is 6.07 Å². The van der Waals surface area contributed by atoms with Crippen LogP contribution in [0.3, 0.4) is 0 Å². The number of hydrogen-bond donors (Lipinski definition) is 1. The standard InChI is InChI=1S/C21H22N4O2/c1-14(23-16-5-2-4-15(12-16)13-22)18-9-10-20-19(24-18)6-3-11-25(20)21(26)27-17-7-8-17/h2,4-5,9-10,12,14,17,23H,3,6-8,11H2,1H3. The zero-order valence-corrected chi connectivity index (χ0v) is 15.3. The smallest absolute Gasteiger partial charge is 0.414 e. The van der Waals surface area contributed by atoms with Crippen LogP contribution in [-0.4, -0.2) is 23.7 Å². The molecule has 0 bridgehead atoms. The van der Waals surface area contributed by atoms with Gasteiger partial charge in [-0.15, -0.1) is 0 Å². The Hall–Kier alpha value is -3.07. The van der Waals surface area contributed by atoms with Crippen molar-refractivity contribution in [1.29, 1.82) is 5.26 Å². The molecule has 1 aromatic heterocycles. The minimum Gasteiger partial charge on any atom is -0.446 e. The quantitative estimate of drug-likeness (QED) is 0.883. The van der Waals surface area contributed by atoms with Crippen molar-refractivity contribution in [2.24, 2.45) is 0 Å². The van der Waals surface area contributed by atoms with Crippen molar-refractivity contribution < 1.29 is 9.53 Å². The molecular weight excluding hydrogens is 340 g/mol. The molecule has 0 saturated heterocycles. The number of nitrogens with zero attached hydrogens (tertiary/aromatic N) is 3. The largest absolute Gasteiger partial charge is 0.446 e. The molecule has 1 fully saturated rings. The maximum atomic E-state index is 12.4. The van der Waals surface area contributed by atoms with Crippen molar-refractivity contribution in [3.05, 3.63) is 53.3 Å². The van der Waals surface area contributed by atoms with E-state index in [1.807, 2.05) is 37.3 Å². The highest BCUT2D eigenvalue weighted by Gasteiger charge is 2.31. The maximum absolute atomic E-state index is 12.4. The van der Waals surface area contributed by atoms with E-state index in [2.05, 4.69) is 11.4 Å². The fraction of sp³-hybridized carbons (Fsp3) is 0.381. The second-order valence-electron chi connectivity index (χ2n) is 7.10. The molecule has 6 heteroatoms. The number of carbonyl (C=O) groups is 1. The van der Waals surface area contributed by atoms with Crippen molar-refractivity contribution in [2.75, 3.05) is 16.8 Å². The van der Waals surface area contributed by atoms with Gasteiger partial charge in [0.25, 0.3) is 0 Å². The Kier molecular flexibility index (Phi) is 4.68. The molecule has 4 rings (SSSR count). The first-order valence-corrected chi connectivity index (χ1v) is 9.39. The van der Waals surface area contributed by atoms with Crippen LogP contribution in [0.2, 0.25) is 0 Å². The summed E-state index contributed by atoms with van der Waals surface area (Å²) < 4.78 is 5.46. The molecule has 27 heavy (non-hydrogen) atoms. The summed E-state index contributed by atoms with van der Waals surface area (Å²) in [4.78, 5) is 18.9. The summed E-state index contributed by atoms with van der Waals surface area (Å²) in [6.45, 7) is 2.71. The summed E-state index contributed by atoms with van der Waals surface area (Å²) >= 11 is 0. The normalized spacial score (nSPS) is 16.8. The molecule has 1 N–H and O–H groups in total. The first kappa shape index (κ1) is 17.3. The van der Waals surface area contributed by atoms with Crippen LogP contribution in [0.1, 0.15) is 49.2 Å². The van der Waals surface area contributed by atoms with Crippen LogP contribution < -0.4 is 10.2 Å². The van der Waals surface area contributed by atoms with Gasteiger partial charge in [0.2, 0.25) is 0 Å². The molecule has 1 unspecified atom stereocenters. The van der Waals surface area contributed by atoms with Crippen LogP contribution in [0.15, 0.2) is 36.4 Å². The second kappa shape index (κ2) is 7.28. The molecule has 2 aromatic rings. The number of pyridine rings is 1. The number of hydrogen-bond acceptors (Lipinski definition) is 5. The molecule has 6 nitrogen and oxygen atoms in total. The van der Waals surface area contributed by atoms with Crippen LogP contribution in [-0.2, 0) is 11.2 Å². The van der Waals surface area contributed by atoms with Crippen LogP contribution in [0.4, 0.5) is 16.2 Å². The third-order valence-electron chi connectivity index (χ3n) is 4.89. The zero-order chi connectivity index (χ0) is 18.8. The van der Waals surface area contributed by atoms with Crippen molar-refractivity contribution in [3.63, 3.8) is 0 Å². The third kappa shape index (κ3) is 3.87. The summed E-state index contributed by atoms with van der Waals surface area (Å²) in [5, 5.41) is 12.4. The molecule has 1 aromatic carbocycles. The minimum atomic E-state index is -0.257. The average Bonchev–Trinajstić information content (AvgIpc) is 3.51. The topological polar surface area (TPSA) is 78.3 Å². The van der Waals surface area contributed by atoms with E-state index in [1.165, 1.54) is 0 Å². The van der Waals surface area contributed by atoms with E-state index in [1.54, 1.807) is 11.0 Å². The van der Waals surface area contributed by atoms with Gasteiger partial charge in [-0.3, -0.25) is 9.88 Å². The number of rotatable bonds is 4. The van der Waals surface area contributed by atoms with Gasteiger partial charge in [-0.25, -0.2) is 4.79 Å². The summed E-state index contributed by atoms with van der Waals surface area (Å²) in [5.74, 6) is 0. The lowest BCUT2D eigenvalue weighted by molar-refractivity contribution is 0.146.